The van der Waals surface area contributed by atoms with Gasteiger partial charge in [0, 0.05) is 5.02 Å². The molecule has 0 heterocycles. The molecule has 0 aromatic heterocycles. The third-order valence-electron chi connectivity index (χ3n) is 2.86. The Labute approximate surface area is 123 Å². The molecule has 3 nitrogen and oxygen atoms in total. The third-order valence-corrected chi connectivity index (χ3v) is 3.22. The maximum atomic E-state index is 12.1. The summed E-state index contributed by atoms with van der Waals surface area (Å²) >= 11 is 6.02. The summed E-state index contributed by atoms with van der Waals surface area (Å²) in [6.45, 7) is 0.298. The third kappa shape index (κ3) is 3.59. The van der Waals surface area contributed by atoms with Gasteiger partial charge in [0.2, 0.25) is 0 Å². The molecule has 0 aliphatic carbocycles. The van der Waals surface area contributed by atoms with Gasteiger partial charge in [-0.25, -0.2) is 0 Å². The van der Waals surface area contributed by atoms with Crippen LogP contribution in [0.15, 0.2) is 48.5 Å². The quantitative estimate of drug-likeness (QED) is 0.760. The molecule has 0 saturated carbocycles. The number of ketones is 1. The molecule has 0 bridgehead atoms. The van der Waals surface area contributed by atoms with Gasteiger partial charge in [-0.1, -0.05) is 41.9 Å². The van der Waals surface area contributed by atoms with Gasteiger partial charge in [-0.3, -0.25) is 4.79 Å². The van der Waals surface area contributed by atoms with Gasteiger partial charge in [-0.15, -0.1) is 0 Å². The second kappa shape index (κ2) is 7.08. The summed E-state index contributed by atoms with van der Waals surface area (Å²) in [4.78, 5) is 12.1. The average molecular weight is 291 g/mol. The van der Waals surface area contributed by atoms with Crippen molar-refractivity contribution in [3.8, 4) is 5.75 Å². The monoisotopic (exact) mass is 290 g/mol. The summed E-state index contributed by atoms with van der Waals surface area (Å²) in [5, 5.41) is 0.636. The Morgan fingerprint density at radius 3 is 2.55 bits per heavy atom. The van der Waals surface area contributed by atoms with Crippen molar-refractivity contribution in [1.82, 2.24) is 0 Å². The Kier molecular flexibility index (Phi) is 5.16. The molecular formula is C16H15ClO3. The van der Waals surface area contributed by atoms with E-state index in [2.05, 4.69) is 0 Å². The van der Waals surface area contributed by atoms with E-state index in [4.69, 9.17) is 21.1 Å². The lowest BCUT2D eigenvalue weighted by Crippen LogP contribution is -2.10. The maximum absolute atomic E-state index is 12.1. The first-order valence-electron chi connectivity index (χ1n) is 6.19. The highest BCUT2D eigenvalue weighted by Gasteiger charge is 2.11. The van der Waals surface area contributed by atoms with E-state index >= 15 is 0 Å². The van der Waals surface area contributed by atoms with Crippen molar-refractivity contribution >= 4 is 17.4 Å². The van der Waals surface area contributed by atoms with Crippen molar-refractivity contribution in [2.75, 3.05) is 13.7 Å². The highest BCUT2D eigenvalue weighted by molar-refractivity contribution is 6.31. The fourth-order valence-electron chi connectivity index (χ4n) is 1.82. The van der Waals surface area contributed by atoms with Crippen LogP contribution in [0.5, 0.6) is 5.75 Å². The Morgan fingerprint density at radius 1 is 1.10 bits per heavy atom. The summed E-state index contributed by atoms with van der Waals surface area (Å²) in [6.07, 6.45) is 0. The van der Waals surface area contributed by atoms with Crippen molar-refractivity contribution < 1.29 is 14.3 Å². The molecule has 2 aromatic carbocycles. The number of benzene rings is 2. The molecule has 0 aliphatic heterocycles. The fraction of sp³-hybridized carbons (Fsp3) is 0.188. The first-order chi connectivity index (χ1) is 9.72. The number of ether oxygens (including phenoxy) is 2. The van der Waals surface area contributed by atoms with Gasteiger partial charge in [0.15, 0.2) is 5.78 Å². The van der Waals surface area contributed by atoms with Crippen LogP contribution in [-0.2, 0) is 11.3 Å². The van der Waals surface area contributed by atoms with E-state index < -0.39 is 0 Å². The standard InChI is InChI=1S/C16H15ClO3/c1-19-16-9-5-3-7-13(16)15(18)11-20-10-12-6-2-4-8-14(12)17/h2-9H,10-11H2,1H3. The van der Waals surface area contributed by atoms with E-state index in [0.717, 1.165) is 5.56 Å². The number of para-hydroxylation sites is 1. The minimum atomic E-state index is -0.116. The number of methoxy groups -OCH3 is 1. The lowest BCUT2D eigenvalue weighted by molar-refractivity contribution is 0.0724. The molecule has 0 N–H and O–H groups in total. The minimum Gasteiger partial charge on any atom is -0.496 e. The summed E-state index contributed by atoms with van der Waals surface area (Å²) in [5.74, 6) is 0.438. The molecule has 4 heteroatoms. The zero-order valence-corrected chi connectivity index (χ0v) is 11.9. The summed E-state index contributed by atoms with van der Waals surface area (Å²) in [6, 6.07) is 14.5. The molecule has 2 aromatic rings. The number of carbonyl (C=O) groups excluding carboxylic acids is 1. The van der Waals surface area contributed by atoms with Crippen molar-refractivity contribution in [1.29, 1.82) is 0 Å². The van der Waals surface area contributed by atoms with Crippen LogP contribution in [0, 0.1) is 0 Å². The van der Waals surface area contributed by atoms with Gasteiger partial charge in [0.1, 0.15) is 12.4 Å². The normalized spacial score (nSPS) is 10.3. The largest absolute Gasteiger partial charge is 0.496 e. The topological polar surface area (TPSA) is 35.5 Å². The van der Waals surface area contributed by atoms with Crippen molar-refractivity contribution in [3.05, 3.63) is 64.7 Å². The van der Waals surface area contributed by atoms with Crippen LogP contribution in [0.4, 0.5) is 0 Å². The average Bonchev–Trinajstić information content (AvgIpc) is 2.49. The predicted molar refractivity (Wildman–Crippen MR) is 78.4 cm³/mol. The molecule has 104 valence electrons. The van der Waals surface area contributed by atoms with Gasteiger partial charge in [-0.05, 0) is 23.8 Å². The van der Waals surface area contributed by atoms with E-state index in [1.54, 1.807) is 24.3 Å². The number of carbonyl (C=O) groups is 1. The Bertz CT molecular complexity index is 596. The van der Waals surface area contributed by atoms with Gasteiger partial charge >= 0.3 is 0 Å². The van der Waals surface area contributed by atoms with Crippen LogP contribution >= 0.6 is 11.6 Å². The van der Waals surface area contributed by atoms with Gasteiger partial charge in [-0.2, -0.15) is 0 Å². The highest BCUT2D eigenvalue weighted by atomic mass is 35.5. The Hall–Kier alpha value is -1.84. The SMILES string of the molecule is COc1ccccc1C(=O)COCc1ccccc1Cl. The van der Waals surface area contributed by atoms with Crippen molar-refractivity contribution in [2.45, 2.75) is 6.61 Å². The van der Waals surface area contributed by atoms with Crippen molar-refractivity contribution in [3.63, 3.8) is 0 Å². The zero-order chi connectivity index (χ0) is 14.4. The first-order valence-corrected chi connectivity index (χ1v) is 6.57. The van der Waals surface area contributed by atoms with Crippen LogP contribution in [0.2, 0.25) is 5.02 Å². The number of hydrogen-bond donors (Lipinski definition) is 0. The second-order valence-corrected chi connectivity index (χ2v) is 4.61. The van der Waals surface area contributed by atoms with E-state index in [-0.39, 0.29) is 12.4 Å². The molecule has 0 spiro atoms. The Morgan fingerprint density at radius 2 is 1.80 bits per heavy atom. The van der Waals surface area contributed by atoms with E-state index in [1.165, 1.54) is 7.11 Å². The van der Waals surface area contributed by atoms with Gasteiger partial charge in [0.25, 0.3) is 0 Å². The van der Waals surface area contributed by atoms with Crippen LogP contribution < -0.4 is 4.74 Å². The van der Waals surface area contributed by atoms with Crippen LogP contribution in [0.25, 0.3) is 0 Å². The smallest absolute Gasteiger partial charge is 0.192 e. The molecule has 0 saturated heterocycles. The highest BCUT2D eigenvalue weighted by Crippen LogP contribution is 2.19. The molecule has 0 fully saturated rings. The van der Waals surface area contributed by atoms with Gasteiger partial charge < -0.3 is 9.47 Å². The molecule has 0 radical (unpaired) electrons. The summed E-state index contributed by atoms with van der Waals surface area (Å²) in [5.41, 5.74) is 1.39. The summed E-state index contributed by atoms with van der Waals surface area (Å²) in [7, 11) is 1.54. The van der Waals surface area contributed by atoms with Crippen LogP contribution in [-0.4, -0.2) is 19.5 Å². The number of rotatable bonds is 6. The molecule has 20 heavy (non-hydrogen) atoms. The molecule has 0 unspecified atom stereocenters. The molecule has 0 atom stereocenters. The second-order valence-electron chi connectivity index (χ2n) is 4.21. The zero-order valence-electron chi connectivity index (χ0n) is 11.1. The number of Topliss-reactive ketones (excluding diaryl/α,β-unsaturated/α-hetero) is 1. The molecule has 2 rings (SSSR count). The van der Waals surface area contributed by atoms with E-state index in [1.807, 2.05) is 24.3 Å². The van der Waals surface area contributed by atoms with Crippen molar-refractivity contribution in [2.24, 2.45) is 0 Å². The van der Waals surface area contributed by atoms with Crippen LogP contribution in [0.3, 0.4) is 0 Å². The molecule has 0 amide bonds. The molecular weight excluding hydrogens is 276 g/mol. The molecule has 0 aliphatic rings. The number of hydrogen-bond acceptors (Lipinski definition) is 3. The maximum Gasteiger partial charge on any atom is 0.192 e. The first kappa shape index (κ1) is 14.6. The van der Waals surface area contributed by atoms with Crippen LogP contribution in [0.1, 0.15) is 15.9 Å². The lowest BCUT2D eigenvalue weighted by atomic mass is 10.1. The van der Waals surface area contributed by atoms with Gasteiger partial charge in [0.05, 0.1) is 19.3 Å². The van der Waals surface area contributed by atoms with E-state index in [9.17, 15) is 4.79 Å². The number of halogens is 1. The predicted octanol–water partition coefficient (Wildman–Crippen LogP) is 3.75. The minimum absolute atomic E-state index is 0.00834. The Balaban J connectivity index is 1.94. The fourth-order valence-corrected chi connectivity index (χ4v) is 2.01. The summed E-state index contributed by atoms with van der Waals surface area (Å²) < 4.78 is 10.6. The lowest BCUT2D eigenvalue weighted by Gasteiger charge is -2.08. The van der Waals surface area contributed by atoms with E-state index in [0.29, 0.717) is 22.9 Å².